The molecule has 2 heterocycles. The standard InChI is InChI=1S/C25H28F3N3O/c26-25(27,28)22-6-2-1-5-20(22)16-19-11-14-31(15-12-19)23-10-9-21(17-30-23)24(32)29-13-3-4-18-7-8-18/h1-2,5-6,9-10,16-18H,3-4,7-8,11-15H2,(H,29,32). The first kappa shape index (κ1) is 22.4. The third-order valence-electron chi connectivity index (χ3n) is 6.14. The van der Waals surface area contributed by atoms with Crippen LogP contribution >= 0.6 is 0 Å². The lowest BCUT2D eigenvalue weighted by atomic mass is 9.98. The van der Waals surface area contributed by atoms with Crippen LogP contribution < -0.4 is 10.2 Å². The van der Waals surface area contributed by atoms with Crippen molar-refractivity contribution < 1.29 is 18.0 Å². The van der Waals surface area contributed by atoms with E-state index in [-0.39, 0.29) is 11.5 Å². The number of hydrogen-bond donors (Lipinski definition) is 1. The summed E-state index contributed by atoms with van der Waals surface area (Å²) in [5.74, 6) is 1.55. The number of piperidine rings is 1. The summed E-state index contributed by atoms with van der Waals surface area (Å²) >= 11 is 0. The molecule has 1 saturated carbocycles. The molecule has 4 nitrogen and oxygen atoms in total. The molecule has 1 aromatic heterocycles. The topological polar surface area (TPSA) is 45.2 Å². The molecule has 0 atom stereocenters. The van der Waals surface area contributed by atoms with Crippen LogP contribution in [-0.4, -0.2) is 30.5 Å². The number of benzene rings is 1. The van der Waals surface area contributed by atoms with Crippen LogP contribution in [0.4, 0.5) is 19.0 Å². The highest BCUT2D eigenvalue weighted by atomic mass is 19.4. The molecule has 32 heavy (non-hydrogen) atoms. The van der Waals surface area contributed by atoms with Gasteiger partial charge in [-0.15, -0.1) is 0 Å². The second kappa shape index (κ2) is 9.76. The molecule has 0 spiro atoms. The zero-order valence-electron chi connectivity index (χ0n) is 18.0. The number of halogens is 3. The van der Waals surface area contributed by atoms with Crippen LogP contribution in [0.5, 0.6) is 0 Å². The molecule has 0 unspecified atom stereocenters. The second-order valence-corrected chi connectivity index (χ2v) is 8.62. The SMILES string of the molecule is O=C(NCCCC1CC1)c1ccc(N2CCC(=Cc3ccccc3C(F)(F)F)CC2)nc1. The molecule has 1 N–H and O–H groups in total. The molecule has 2 aliphatic rings. The van der Waals surface area contributed by atoms with Gasteiger partial charge in [0.15, 0.2) is 0 Å². The van der Waals surface area contributed by atoms with Crippen LogP contribution in [0.15, 0.2) is 48.2 Å². The third kappa shape index (κ3) is 5.90. The maximum atomic E-state index is 13.2. The second-order valence-electron chi connectivity index (χ2n) is 8.62. The molecule has 7 heteroatoms. The molecule has 0 bridgehead atoms. The summed E-state index contributed by atoms with van der Waals surface area (Å²) in [5.41, 5.74) is 1.16. The average Bonchev–Trinajstić information content (AvgIpc) is 3.61. The highest BCUT2D eigenvalue weighted by molar-refractivity contribution is 5.94. The Morgan fingerprint density at radius 1 is 1.12 bits per heavy atom. The Bertz CT molecular complexity index is 955. The molecule has 1 aromatic carbocycles. The van der Waals surface area contributed by atoms with E-state index < -0.39 is 11.7 Å². The van der Waals surface area contributed by atoms with Crippen molar-refractivity contribution in [2.24, 2.45) is 5.92 Å². The van der Waals surface area contributed by atoms with Crippen LogP contribution in [0.1, 0.15) is 60.0 Å². The van der Waals surface area contributed by atoms with Gasteiger partial charge >= 0.3 is 6.18 Å². The third-order valence-corrected chi connectivity index (χ3v) is 6.14. The highest BCUT2D eigenvalue weighted by Crippen LogP contribution is 2.34. The van der Waals surface area contributed by atoms with Crippen LogP contribution in [-0.2, 0) is 6.18 Å². The van der Waals surface area contributed by atoms with Gasteiger partial charge in [0.2, 0.25) is 0 Å². The van der Waals surface area contributed by atoms with Gasteiger partial charge in [0.1, 0.15) is 5.82 Å². The van der Waals surface area contributed by atoms with Crippen molar-refractivity contribution in [2.45, 2.75) is 44.7 Å². The van der Waals surface area contributed by atoms with Gasteiger partial charge in [-0.2, -0.15) is 13.2 Å². The van der Waals surface area contributed by atoms with E-state index in [4.69, 9.17) is 0 Å². The molecule has 1 amide bonds. The molecule has 2 aromatic rings. The molecular weight excluding hydrogens is 415 g/mol. The minimum atomic E-state index is -4.36. The quantitative estimate of drug-likeness (QED) is 0.558. The van der Waals surface area contributed by atoms with Crippen molar-refractivity contribution in [2.75, 3.05) is 24.5 Å². The normalized spacial score (nSPS) is 16.7. The molecular formula is C25H28F3N3O. The van der Waals surface area contributed by atoms with E-state index in [9.17, 15) is 18.0 Å². The number of hydrogen-bond acceptors (Lipinski definition) is 3. The lowest BCUT2D eigenvalue weighted by Gasteiger charge is -2.29. The summed E-state index contributed by atoms with van der Waals surface area (Å²) < 4.78 is 39.7. The number of carbonyl (C=O) groups excluding carboxylic acids is 1. The molecule has 2 fully saturated rings. The molecule has 0 radical (unpaired) electrons. The van der Waals surface area contributed by atoms with E-state index >= 15 is 0 Å². The van der Waals surface area contributed by atoms with E-state index in [1.165, 1.54) is 31.4 Å². The van der Waals surface area contributed by atoms with Crippen molar-refractivity contribution in [1.82, 2.24) is 10.3 Å². The zero-order chi connectivity index (χ0) is 22.6. The number of aromatic nitrogens is 1. The van der Waals surface area contributed by atoms with Crippen molar-refractivity contribution in [1.29, 1.82) is 0 Å². The Hall–Kier alpha value is -2.83. The van der Waals surface area contributed by atoms with Gasteiger partial charge in [0, 0.05) is 25.8 Å². The van der Waals surface area contributed by atoms with E-state index in [1.54, 1.807) is 24.4 Å². The van der Waals surface area contributed by atoms with E-state index in [1.807, 2.05) is 6.07 Å². The van der Waals surface area contributed by atoms with Crippen LogP contribution in [0, 0.1) is 5.92 Å². The first-order valence-electron chi connectivity index (χ1n) is 11.2. The fourth-order valence-electron chi connectivity index (χ4n) is 4.08. The number of amides is 1. The summed E-state index contributed by atoms with van der Waals surface area (Å²) in [7, 11) is 0. The Kier molecular flexibility index (Phi) is 6.82. The predicted octanol–water partition coefficient (Wildman–Crippen LogP) is 5.70. The maximum Gasteiger partial charge on any atom is 0.416 e. The smallest absolute Gasteiger partial charge is 0.356 e. The number of anilines is 1. The van der Waals surface area contributed by atoms with Gasteiger partial charge in [-0.25, -0.2) is 4.98 Å². The fourth-order valence-corrected chi connectivity index (χ4v) is 4.08. The van der Waals surface area contributed by atoms with E-state index in [2.05, 4.69) is 15.2 Å². The Morgan fingerprint density at radius 3 is 2.53 bits per heavy atom. The number of alkyl halides is 3. The van der Waals surface area contributed by atoms with Gasteiger partial charge in [0.05, 0.1) is 11.1 Å². The van der Waals surface area contributed by atoms with Gasteiger partial charge in [0.25, 0.3) is 5.91 Å². The van der Waals surface area contributed by atoms with Crippen molar-refractivity contribution in [3.8, 4) is 0 Å². The Labute approximate surface area is 186 Å². The summed E-state index contributed by atoms with van der Waals surface area (Å²) in [6.45, 7) is 2.05. The average molecular weight is 444 g/mol. The zero-order valence-corrected chi connectivity index (χ0v) is 18.0. The number of nitrogens with one attached hydrogen (secondary N) is 1. The predicted molar refractivity (Wildman–Crippen MR) is 119 cm³/mol. The first-order valence-corrected chi connectivity index (χ1v) is 11.2. The summed E-state index contributed by atoms with van der Waals surface area (Å²) in [5, 5.41) is 2.95. The number of rotatable bonds is 7. The van der Waals surface area contributed by atoms with Crippen LogP contribution in [0.3, 0.4) is 0 Å². The minimum absolute atomic E-state index is 0.105. The number of nitrogens with zero attached hydrogens (tertiary/aromatic N) is 2. The fraction of sp³-hybridized carbons (Fsp3) is 0.440. The number of carbonyl (C=O) groups is 1. The highest BCUT2D eigenvalue weighted by Gasteiger charge is 2.32. The van der Waals surface area contributed by atoms with E-state index in [0.29, 0.717) is 38.0 Å². The van der Waals surface area contributed by atoms with Crippen molar-refractivity contribution in [3.63, 3.8) is 0 Å². The summed E-state index contributed by atoms with van der Waals surface area (Å²) in [4.78, 5) is 18.8. The minimum Gasteiger partial charge on any atom is -0.356 e. The first-order chi connectivity index (χ1) is 15.4. The maximum absolute atomic E-state index is 13.2. The van der Waals surface area contributed by atoms with Crippen molar-refractivity contribution >= 4 is 17.8 Å². The molecule has 1 saturated heterocycles. The summed E-state index contributed by atoms with van der Waals surface area (Å²) in [6, 6.07) is 9.30. The number of pyridine rings is 1. The molecule has 1 aliphatic carbocycles. The van der Waals surface area contributed by atoms with Crippen molar-refractivity contribution in [3.05, 3.63) is 64.9 Å². The van der Waals surface area contributed by atoms with E-state index in [0.717, 1.165) is 29.8 Å². The molecule has 4 rings (SSSR count). The van der Waals surface area contributed by atoms with Crippen LogP contribution in [0.2, 0.25) is 0 Å². The molecule has 1 aliphatic heterocycles. The lowest BCUT2D eigenvalue weighted by Crippen LogP contribution is -2.31. The summed E-state index contributed by atoms with van der Waals surface area (Å²) in [6.07, 6.45) is 5.12. The van der Waals surface area contributed by atoms with Crippen LogP contribution in [0.25, 0.3) is 6.08 Å². The van der Waals surface area contributed by atoms with Gasteiger partial charge in [-0.1, -0.05) is 42.7 Å². The Morgan fingerprint density at radius 2 is 1.88 bits per heavy atom. The Balaban J connectivity index is 1.30. The van der Waals surface area contributed by atoms with Gasteiger partial charge in [-0.3, -0.25) is 4.79 Å². The van der Waals surface area contributed by atoms with Gasteiger partial charge in [-0.05, 0) is 55.4 Å². The largest absolute Gasteiger partial charge is 0.416 e. The van der Waals surface area contributed by atoms with Gasteiger partial charge < -0.3 is 10.2 Å². The molecule has 170 valence electrons. The lowest BCUT2D eigenvalue weighted by molar-refractivity contribution is -0.137. The monoisotopic (exact) mass is 443 g/mol.